The van der Waals surface area contributed by atoms with Crippen molar-refractivity contribution in [3.05, 3.63) is 0 Å². The molecule has 0 aromatic carbocycles. The number of nitrogens with zero attached hydrogens (tertiary/aromatic N) is 1. The Morgan fingerprint density at radius 2 is 1.62 bits per heavy atom. The van der Waals surface area contributed by atoms with E-state index in [1.807, 2.05) is 0 Å². The van der Waals surface area contributed by atoms with Crippen LogP contribution in [0.3, 0.4) is 0 Å². The molecule has 0 saturated heterocycles. The smallest absolute Gasteiger partial charge is 0.0732 e. The predicted molar refractivity (Wildman–Crippen MR) is 67.7 cm³/mol. The number of ether oxygens (including phenoxy) is 1. The van der Waals surface area contributed by atoms with Crippen LogP contribution >= 0.6 is 0 Å². The fraction of sp³-hybridized carbons (Fsp3) is 1.00. The van der Waals surface area contributed by atoms with Crippen LogP contribution in [0.2, 0.25) is 0 Å². The van der Waals surface area contributed by atoms with Gasteiger partial charge >= 0.3 is 0 Å². The van der Waals surface area contributed by atoms with Gasteiger partial charge in [-0.05, 0) is 39.0 Å². The van der Waals surface area contributed by atoms with Crippen molar-refractivity contribution in [2.45, 2.75) is 66.1 Å². The Labute approximate surface area is 101 Å². The van der Waals surface area contributed by atoms with Crippen LogP contribution in [0.5, 0.6) is 0 Å². The maximum atomic E-state index is 9.30. The molecule has 0 radical (unpaired) electrons. The molecule has 0 saturated carbocycles. The lowest BCUT2D eigenvalue weighted by atomic mass is 9.89. The second kappa shape index (κ2) is 5.99. The highest BCUT2D eigenvalue weighted by molar-refractivity contribution is 4.71. The van der Waals surface area contributed by atoms with Crippen molar-refractivity contribution in [2.24, 2.45) is 5.41 Å². The van der Waals surface area contributed by atoms with Gasteiger partial charge in [0.15, 0.2) is 0 Å². The molecule has 0 rings (SSSR count). The molecule has 0 aromatic heterocycles. The number of hydrogen-bond donors (Lipinski definition) is 1. The van der Waals surface area contributed by atoms with Crippen molar-refractivity contribution in [1.29, 1.82) is 0 Å². The Kier molecular flexibility index (Phi) is 5.94. The first-order valence-corrected chi connectivity index (χ1v) is 6.07. The first-order valence-electron chi connectivity index (χ1n) is 6.07. The third-order valence-corrected chi connectivity index (χ3v) is 2.20. The van der Waals surface area contributed by atoms with Crippen molar-refractivity contribution < 1.29 is 9.94 Å². The Hall–Kier alpha value is -0.120. The fourth-order valence-electron chi connectivity index (χ4n) is 1.58. The summed E-state index contributed by atoms with van der Waals surface area (Å²) in [7, 11) is 1.66. The minimum Gasteiger partial charge on any atom is -0.371 e. The van der Waals surface area contributed by atoms with Crippen LogP contribution in [0.25, 0.3) is 0 Å². The van der Waals surface area contributed by atoms with Crippen LogP contribution in [0.1, 0.15) is 54.4 Å². The zero-order valence-electron chi connectivity index (χ0n) is 12.0. The average Bonchev–Trinajstić information content (AvgIpc) is 1.94. The molecule has 3 heteroatoms. The van der Waals surface area contributed by atoms with Gasteiger partial charge in [-0.1, -0.05) is 20.8 Å². The summed E-state index contributed by atoms with van der Waals surface area (Å²) in [6.07, 6.45) is 2.17. The van der Waals surface area contributed by atoms with E-state index in [1.54, 1.807) is 7.05 Å². The number of likely N-dealkylation sites (N-methyl/N-ethyl adjacent to an activating group) is 1. The van der Waals surface area contributed by atoms with Gasteiger partial charge in [0.25, 0.3) is 0 Å². The van der Waals surface area contributed by atoms with E-state index in [-0.39, 0.29) is 11.7 Å². The van der Waals surface area contributed by atoms with Crippen molar-refractivity contribution in [3.8, 4) is 0 Å². The van der Waals surface area contributed by atoms with Crippen LogP contribution in [0.15, 0.2) is 0 Å². The number of hydroxylamine groups is 2. The summed E-state index contributed by atoms with van der Waals surface area (Å²) in [4.78, 5) is 0. The van der Waals surface area contributed by atoms with E-state index < -0.39 is 0 Å². The molecule has 0 fully saturated rings. The topological polar surface area (TPSA) is 32.7 Å². The Balaban J connectivity index is 4.22. The average molecular weight is 231 g/mol. The monoisotopic (exact) mass is 231 g/mol. The summed E-state index contributed by atoms with van der Waals surface area (Å²) >= 11 is 0. The highest BCUT2D eigenvalue weighted by atomic mass is 16.5. The number of rotatable bonds is 5. The van der Waals surface area contributed by atoms with Crippen LogP contribution in [-0.4, -0.2) is 35.6 Å². The van der Waals surface area contributed by atoms with Gasteiger partial charge in [-0.15, -0.1) is 0 Å². The summed E-state index contributed by atoms with van der Waals surface area (Å²) in [5.41, 5.74) is 0.159. The van der Waals surface area contributed by atoms with Gasteiger partial charge in [0.2, 0.25) is 0 Å². The standard InChI is InChI=1S/C13H29NO2/c1-12(2,3)9-8-11(10-14(7)15)16-13(4,5)6/h11,15H,8-10H2,1-7H3. The van der Waals surface area contributed by atoms with Gasteiger partial charge in [-0.25, -0.2) is 0 Å². The molecule has 0 aliphatic rings. The normalized spacial score (nSPS) is 15.6. The highest BCUT2D eigenvalue weighted by Crippen LogP contribution is 2.24. The molecule has 0 aromatic rings. The molecule has 0 aliphatic carbocycles. The van der Waals surface area contributed by atoms with E-state index in [4.69, 9.17) is 4.74 Å². The molecule has 3 nitrogen and oxygen atoms in total. The first-order chi connectivity index (χ1) is 6.99. The molecule has 0 bridgehead atoms. The van der Waals surface area contributed by atoms with Crippen molar-refractivity contribution in [3.63, 3.8) is 0 Å². The zero-order chi connectivity index (χ0) is 13.0. The second-order valence-electron chi connectivity index (χ2n) is 6.79. The van der Waals surface area contributed by atoms with Crippen molar-refractivity contribution in [2.75, 3.05) is 13.6 Å². The van der Waals surface area contributed by atoms with E-state index in [1.165, 1.54) is 5.06 Å². The maximum absolute atomic E-state index is 9.30. The van der Waals surface area contributed by atoms with E-state index >= 15 is 0 Å². The summed E-state index contributed by atoms with van der Waals surface area (Å²) in [6, 6.07) is 0. The van der Waals surface area contributed by atoms with E-state index in [0.717, 1.165) is 12.8 Å². The SMILES string of the molecule is CN(O)CC(CCC(C)(C)C)OC(C)(C)C. The lowest BCUT2D eigenvalue weighted by Crippen LogP contribution is -2.35. The van der Waals surface area contributed by atoms with Gasteiger partial charge in [0.1, 0.15) is 0 Å². The van der Waals surface area contributed by atoms with Crippen molar-refractivity contribution >= 4 is 0 Å². The molecule has 1 atom stereocenters. The third-order valence-electron chi connectivity index (χ3n) is 2.20. The predicted octanol–water partition coefficient (Wildman–Crippen LogP) is 3.32. The molecule has 0 heterocycles. The molecular weight excluding hydrogens is 202 g/mol. The summed E-state index contributed by atoms with van der Waals surface area (Å²) in [5.74, 6) is 0. The van der Waals surface area contributed by atoms with Gasteiger partial charge in [0.05, 0.1) is 11.7 Å². The largest absolute Gasteiger partial charge is 0.371 e. The zero-order valence-corrected chi connectivity index (χ0v) is 12.0. The van der Waals surface area contributed by atoms with Gasteiger partial charge < -0.3 is 9.94 Å². The molecule has 16 heavy (non-hydrogen) atoms. The summed E-state index contributed by atoms with van der Waals surface area (Å²) in [6.45, 7) is 13.4. The molecule has 1 N–H and O–H groups in total. The van der Waals surface area contributed by atoms with Crippen molar-refractivity contribution in [1.82, 2.24) is 5.06 Å². The van der Waals surface area contributed by atoms with Crippen LogP contribution < -0.4 is 0 Å². The molecule has 98 valence electrons. The quantitative estimate of drug-likeness (QED) is 0.737. The second-order valence-corrected chi connectivity index (χ2v) is 6.79. The minimum atomic E-state index is -0.154. The van der Waals surface area contributed by atoms with E-state index in [2.05, 4.69) is 41.5 Å². The lowest BCUT2D eigenvalue weighted by molar-refractivity contribution is -0.135. The summed E-state index contributed by atoms with van der Waals surface area (Å²) in [5, 5.41) is 10.5. The van der Waals surface area contributed by atoms with Gasteiger partial charge in [0, 0.05) is 13.6 Å². The summed E-state index contributed by atoms with van der Waals surface area (Å²) < 4.78 is 5.94. The van der Waals surface area contributed by atoms with E-state index in [0.29, 0.717) is 12.0 Å². The molecular formula is C13H29NO2. The molecule has 0 aliphatic heterocycles. The van der Waals surface area contributed by atoms with E-state index in [9.17, 15) is 5.21 Å². The Morgan fingerprint density at radius 1 is 1.12 bits per heavy atom. The fourth-order valence-corrected chi connectivity index (χ4v) is 1.58. The number of hydrogen-bond acceptors (Lipinski definition) is 3. The Morgan fingerprint density at radius 3 is 1.94 bits per heavy atom. The third kappa shape index (κ3) is 10.4. The van der Waals surface area contributed by atoms with Crippen LogP contribution in [0.4, 0.5) is 0 Å². The van der Waals surface area contributed by atoms with Crippen LogP contribution in [-0.2, 0) is 4.74 Å². The molecule has 0 amide bonds. The lowest BCUT2D eigenvalue weighted by Gasteiger charge is -2.30. The molecule has 0 spiro atoms. The maximum Gasteiger partial charge on any atom is 0.0732 e. The molecule has 1 unspecified atom stereocenters. The van der Waals surface area contributed by atoms with Gasteiger partial charge in [-0.2, -0.15) is 5.06 Å². The van der Waals surface area contributed by atoms with Crippen LogP contribution in [0, 0.1) is 5.41 Å². The van der Waals surface area contributed by atoms with Gasteiger partial charge in [-0.3, -0.25) is 0 Å². The first kappa shape index (κ1) is 15.9. The minimum absolute atomic E-state index is 0.0919. The highest BCUT2D eigenvalue weighted by Gasteiger charge is 2.22. The Bertz CT molecular complexity index is 189.